The highest BCUT2D eigenvalue weighted by Gasteiger charge is 2.32. The van der Waals surface area contributed by atoms with E-state index in [1.54, 1.807) is 11.8 Å². The van der Waals surface area contributed by atoms with E-state index in [4.69, 9.17) is 9.47 Å². The molecule has 0 saturated carbocycles. The number of para-hydroxylation sites is 2. The SMILES string of the molecule is O=C(NCc1ccccc1-c1ccc([C@H]2O[C@@H](CSc3ccccc3)C[C@@H](c3ccc(CO)cc3)O2)cc1)c1cnc2ccccc2n1. The van der Waals surface area contributed by atoms with Gasteiger partial charge in [0.2, 0.25) is 0 Å². The second-order valence-electron chi connectivity index (χ2n) is 11.7. The molecule has 1 saturated heterocycles. The Kier molecular flexibility index (Phi) is 9.86. The van der Waals surface area contributed by atoms with Crippen molar-refractivity contribution in [3.05, 3.63) is 162 Å². The summed E-state index contributed by atoms with van der Waals surface area (Å²) < 4.78 is 13.1. The van der Waals surface area contributed by atoms with Gasteiger partial charge in [-0.05, 0) is 52.1 Å². The van der Waals surface area contributed by atoms with E-state index in [1.165, 1.54) is 11.1 Å². The number of ether oxygens (including phenoxy) is 2. The molecule has 7 rings (SSSR count). The van der Waals surface area contributed by atoms with Crippen molar-refractivity contribution in [2.45, 2.75) is 43.0 Å². The lowest BCUT2D eigenvalue weighted by Gasteiger charge is -2.36. The molecule has 7 nitrogen and oxygen atoms in total. The molecule has 0 spiro atoms. The van der Waals surface area contributed by atoms with Crippen LogP contribution in [0.15, 0.2) is 138 Å². The van der Waals surface area contributed by atoms with E-state index in [1.807, 2.05) is 72.8 Å². The van der Waals surface area contributed by atoms with Crippen LogP contribution < -0.4 is 5.32 Å². The number of carbonyl (C=O) groups is 1. The average molecular weight is 654 g/mol. The number of aromatic nitrogens is 2. The summed E-state index contributed by atoms with van der Waals surface area (Å²) in [6.45, 7) is 0.354. The van der Waals surface area contributed by atoms with Crippen LogP contribution in [0.3, 0.4) is 0 Å². The summed E-state index contributed by atoms with van der Waals surface area (Å²) in [4.78, 5) is 23.0. The van der Waals surface area contributed by atoms with Crippen LogP contribution in [0.4, 0.5) is 0 Å². The number of hydrogen-bond acceptors (Lipinski definition) is 7. The lowest BCUT2D eigenvalue weighted by atomic mass is 9.97. The molecule has 48 heavy (non-hydrogen) atoms. The molecule has 5 aromatic carbocycles. The summed E-state index contributed by atoms with van der Waals surface area (Å²) in [6, 6.07) is 42.1. The standard InChI is InChI=1S/C40H35N3O4S/c44-25-27-14-16-29(17-15-27)38-22-32(26-48-33-9-2-1-3-10-33)46-40(47-38)30-20-18-28(19-21-30)34-11-5-4-8-31(34)23-42-39(45)37-24-41-35-12-6-7-13-36(35)43-37/h1-21,24,32,38,40,44H,22-23,25-26H2,(H,42,45)/t32-,38+,40+/m1/s1. The fourth-order valence-electron chi connectivity index (χ4n) is 5.84. The average Bonchev–Trinajstić information content (AvgIpc) is 3.16. The zero-order valence-corrected chi connectivity index (χ0v) is 27.1. The molecule has 1 fully saturated rings. The second-order valence-corrected chi connectivity index (χ2v) is 12.8. The van der Waals surface area contributed by atoms with Crippen LogP contribution in [0.25, 0.3) is 22.2 Å². The first-order valence-electron chi connectivity index (χ1n) is 16.0. The van der Waals surface area contributed by atoms with Crippen molar-refractivity contribution < 1.29 is 19.4 Å². The van der Waals surface area contributed by atoms with Crippen molar-refractivity contribution in [3.63, 3.8) is 0 Å². The predicted octanol–water partition coefficient (Wildman–Crippen LogP) is 8.06. The molecule has 8 heteroatoms. The van der Waals surface area contributed by atoms with Gasteiger partial charge in [-0.15, -0.1) is 11.8 Å². The summed E-state index contributed by atoms with van der Waals surface area (Å²) in [6.07, 6.45) is 1.55. The minimum Gasteiger partial charge on any atom is -0.392 e. The molecule has 240 valence electrons. The monoisotopic (exact) mass is 653 g/mol. The molecule has 1 amide bonds. The fraction of sp³-hybridized carbons (Fsp3) is 0.175. The van der Waals surface area contributed by atoms with E-state index in [-0.39, 0.29) is 30.4 Å². The number of benzene rings is 5. The largest absolute Gasteiger partial charge is 0.392 e. The van der Waals surface area contributed by atoms with Gasteiger partial charge in [0, 0.05) is 29.2 Å². The Hall–Kier alpha value is -4.86. The third-order valence-corrected chi connectivity index (χ3v) is 9.57. The van der Waals surface area contributed by atoms with Gasteiger partial charge < -0.3 is 19.9 Å². The number of aliphatic hydroxyl groups excluding tert-OH is 1. The molecular weight excluding hydrogens is 619 g/mol. The van der Waals surface area contributed by atoms with E-state index in [9.17, 15) is 9.90 Å². The Bertz CT molecular complexity index is 1990. The Morgan fingerprint density at radius 1 is 0.792 bits per heavy atom. The van der Waals surface area contributed by atoms with Crippen molar-refractivity contribution in [3.8, 4) is 11.1 Å². The maximum absolute atomic E-state index is 13.0. The highest BCUT2D eigenvalue weighted by molar-refractivity contribution is 7.99. The van der Waals surface area contributed by atoms with Gasteiger partial charge in [-0.25, -0.2) is 4.98 Å². The van der Waals surface area contributed by atoms with Crippen molar-refractivity contribution in [2.24, 2.45) is 0 Å². The third-order valence-electron chi connectivity index (χ3n) is 8.43. The van der Waals surface area contributed by atoms with Crippen LogP contribution in [0, 0.1) is 0 Å². The van der Waals surface area contributed by atoms with Gasteiger partial charge in [0.25, 0.3) is 5.91 Å². The topological polar surface area (TPSA) is 93.6 Å². The molecule has 0 bridgehead atoms. The predicted molar refractivity (Wildman–Crippen MR) is 188 cm³/mol. The van der Waals surface area contributed by atoms with Crippen LogP contribution in [0.5, 0.6) is 0 Å². The Labute approximate surface area is 284 Å². The highest BCUT2D eigenvalue weighted by Crippen LogP contribution is 2.40. The van der Waals surface area contributed by atoms with E-state index in [0.717, 1.165) is 51.1 Å². The van der Waals surface area contributed by atoms with E-state index in [2.05, 4.69) is 69.9 Å². The summed E-state index contributed by atoms with van der Waals surface area (Å²) in [7, 11) is 0. The Morgan fingerprint density at radius 2 is 1.50 bits per heavy atom. The van der Waals surface area contributed by atoms with Gasteiger partial charge in [0.05, 0.1) is 36.0 Å². The summed E-state index contributed by atoms with van der Waals surface area (Å²) >= 11 is 1.78. The highest BCUT2D eigenvalue weighted by atomic mass is 32.2. The molecule has 1 aliphatic rings. The van der Waals surface area contributed by atoms with Gasteiger partial charge in [0.15, 0.2) is 6.29 Å². The molecular formula is C40H35N3O4S. The van der Waals surface area contributed by atoms with Crippen molar-refractivity contribution >= 4 is 28.7 Å². The quantitative estimate of drug-likeness (QED) is 0.145. The van der Waals surface area contributed by atoms with Gasteiger partial charge >= 0.3 is 0 Å². The van der Waals surface area contributed by atoms with Crippen LogP contribution in [0.2, 0.25) is 0 Å². The number of fused-ring (bicyclic) bond motifs is 1. The van der Waals surface area contributed by atoms with Crippen molar-refractivity contribution in [1.82, 2.24) is 15.3 Å². The van der Waals surface area contributed by atoms with Gasteiger partial charge in [-0.2, -0.15) is 0 Å². The van der Waals surface area contributed by atoms with Crippen LogP contribution >= 0.6 is 11.8 Å². The zero-order valence-electron chi connectivity index (χ0n) is 26.2. The molecule has 1 aromatic heterocycles. The first-order chi connectivity index (χ1) is 23.6. The molecule has 0 unspecified atom stereocenters. The summed E-state index contributed by atoms with van der Waals surface area (Å²) in [5.41, 5.74) is 7.63. The maximum Gasteiger partial charge on any atom is 0.271 e. The van der Waals surface area contributed by atoms with Crippen molar-refractivity contribution in [2.75, 3.05) is 5.75 Å². The molecule has 0 radical (unpaired) electrons. The molecule has 2 N–H and O–H groups in total. The van der Waals surface area contributed by atoms with E-state index < -0.39 is 6.29 Å². The molecule has 2 heterocycles. The number of carbonyl (C=O) groups excluding carboxylic acids is 1. The number of hydrogen-bond donors (Lipinski definition) is 2. The minimum atomic E-state index is -0.533. The number of amides is 1. The first kappa shape index (κ1) is 31.7. The molecule has 1 aliphatic heterocycles. The zero-order chi connectivity index (χ0) is 32.7. The van der Waals surface area contributed by atoms with Crippen molar-refractivity contribution in [1.29, 1.82) is 0 Å². The van der Waals surface area contributed by atoms with Gasteiger partial charge in [-0.1, -0.05) is 103 Å². The summed E-state index contributed by atoms with van der Waals surface area (Å²) in [5, 5.41) is 12.5. The number of nitrogens with zero attached hydrogens (tertiary/aromatic N) is 2. The van der Waals surface area contributed by atoms with E-state index in [0.29, 0.717) is 12.1 Å². The number of nitrogens with one attached hydrogen (secondary N) is 1. The van der Waals surface area contributed by atoms with Gasteiger partial charge in [0.1, 0.15) is 5.69 Å². The smallest absolute Gasteiger partial charge is 0.271 e. The maximum atomic E-state index is 13.0. The lowest BCUT2D eigenvalue weighted by Crippen LogP contribution is -2.31. The Morgan fingerprint density at radius 3 is 2.29 bits per heavy atom. The van der Waals surface area contributed by atoms with E-state index >= 15 is 0 Å². The third kappa shape index (κ3) is 7.48. The number of rotatable bonds is 10. The van der Waals surface area contributed by atoms with Crippen LogP contribution in [-0.4, -0.2) is 32.8 Å². The molecule has 6 aromatic rings. The first-order valence-corrected chi connectivity index (χ1v) is 17.0. The minimum absolute atomic E-state index is 0.00880. The lowest BCUT2D eigenvalue weighted by molar-refractivity contribution is -0.245. The van der Waals surface area contributed by atoms with Crippen LogP contribution in [0.1, 0.15) is 51.6 Å². The Balaban J connectivity index is 1.07. The molecule has 0 aliphatic carbocycles. The number of thioether (sulfide) groups is 1. The van der Waals surface area contributed by atoms with Gasteiger partial charge in [-0.3, -0.25) is 9.78 Å². The number of aliphatic hydroxyl groups is 1. The van der Waals surface area contributed by atoms with Crippen LogP contribution in [-0.2, 0) is 22.6 Å². The fourth-order valence-corrected chi connectivity index (χ4v) is 6.78. The summed E-state index contributed by atoms with van der Waals surface area (Å²) in [5.74, 6) is 0.530. The normalized spacial score (nSPS) is 17.6. The second kappa shape index (κ2) is 14.9. The molecule has 3 atom stereocenters.